The van der Waals surface area contributed by atoms with Crippen molar-refractivity contribution in [1.29, 1.82) is 0 Å². The quantitative estimate of drug-likeness (QED) is 0.584. The fourth-order valence-electron chi connectivity index (χ4n) is 5.92. The van der Waals surface area contributed by atoms with Gasteiger partial charge in [0.2, 0.25) is 0 Å². The van der Waals surface area contributed by atoms with Gasteiger partial charge in [0.25, 0.3) is 0 Å². The highest BCUT2D eigenvalue weighted by molar-refractivity contribution is 5.78. The smallest absolute Gasteiger partial charge is 0.344 e. The molecule has 0 aromatic rings. The lowest BCUT2D eigenvalue weighted by Gasteiger charge is -2.32. The molecule has 2 heterocycles. The zero-order chi connectivity index (χ0) is 16.3. The molecule has 4 bridgehead atoms. The van der Waals surface area contributed by atoms with E-state index >= 15 is 0 Å². The van der Waals surface area contributed by atoms with Crippen molar-refractivity contribution in [2.75, 3.05) is 6.61 Å². The third-order valence-corrected chi connectivity index (χ3v) is 6.84. The van der Waals surface area contributed by atoms with E-state index in [4.69, 9.17) is 14.2 Å². The van der Waals surface area contributed by atoms with Crippen molar-refractivity contribution in [3.05, 3.63) is 12.2 Å². The molecule has 24 heavy (non-hydrogen) atoms. The van der Waals surface area contributed by atoms with Gasteiger partial charge in [-0.3, -0.25) is 4.79 Å². The first-order valence-corrected chi connectivity index (χ1v) is 9.40. The first-order chi connectivity index (χ1) is 11.7. The van der Waals surface area contributed by atoms with E-state index < -0.39 is 5.97 Å². The van der Waals surface area contributed by atoms with Crippen LogP contribution < -0.4 is 0 Å². The molecule has 130 valence electrons. The highest BCUT2D eigenvalue weighted by Gasteiger charge is 2.64. The zero-order valence-electron chi connectivity index (χ0n) is 13.8. The number of rotatable bonds is 4. The van der Waals surface area contributed by atoms with Crippen LogP contribution in [0.4, 0.5) is 0 Å². The number of carbonyl (C=O) groups excluding carboxylic acids is 2. The summed E-state index contributed by atoms with van der Waals surface area (Å²) in [7, 11) is 0. The van der Waals surface area contributed by atoms with Gasteiger partial charge in [-0.25, -0.2) is 4.79 Å². The Morgan fingerprint density at radius 1 is 1.04 bits per heavy atom. The SMILES string of the molecule is O=C(COC(=O)C1CC2OC1C1C3C=CC(C3)C21)OC1CCCC1. The average molecular weight is 332 g/mol. The van der Waals surface area contributed by atoms with E-state index in [0.29, 0.717) is 23.7 Å². The van der Waals surface area contributed by atoms with Crippen molar-refractivity contribution in [2.45, 2.75) is 56.8 Å². The van der Waals surface area contributed by atoms with Gasteiger partial charge in [-0.1, -0.05) is 12.2 Å². The number of allylic oxidation sites excluding steroid dienone is 2. The second-order valence-electron chi connectivity index (χ2n) is 8.09. The van der Waals surface area contributed by atoms with Gasteiger partial charge < -0.3 is 14.2 Å². The lowest BCUT2D eigenvalue weighted by Crippen LogP contribution is -2.40. The maximum atomic E-state index is 12.4. The van der Waals surface area contributed by atoms with Crippen molar-refractivity contribution < 1.29 is 23.8 Å². The second kappa shape index (κ2) is 5.58. The molecule has 5 heteroatoms. The number of hydrogen-bond donors (Lipinski definition) is 0. The molecule has 5 rings (SSSR count). The monoisotopic (exact) mass is 332 g/mol. The van der Waals surface area contributed by atoms with E-state index in [1.807, 2.05) is 0 Å². The van der Waals surface area contributed by atoms with Crippen LogP contribution in [0.3, 0.4) is 0 Å². The maximum Gasteiger partial charge on any atom is 0.344 e. The summed E-state index contributed by atoms with van der Waals surface area (Å²) in [5.41, 5.74) is 0. The summed E-state index contributed by atoms with van der Waals surface area (Å²) in [4.78, 5) is 24.3. The Kier molecular flexibility index (Phi) is 3.47. The van der Waals surface area contributed by atoms with Gasteiger partial charge in [0.15, 0.2) is 6.61 Å². The van der Waals surface area contributed by atoms with E-state index in [1.54, 1.807) is 0 Å². The van der Waals surface area contributed by atoms with Crippen molar-refractivity contribution in [3.8, 4) is 0 Å². The Morgan fingerprint density at radius 2 is 1.79 bits per heavy atom. The van der Waals surface area contributed by atoms with Crippen LogP contribution in [0, 0.1) is 29.6 Å². The molecule has 0 aromatic heterocycles. The Hall–Kier alpha value is -1.36. The molecule has 7 unspecified atom stereocenters. The van der Waals surface area contributed by atoms with Crippen LogP contribution in [0.2, 0.25) is 0 Å². The van der Waals surface area contributed by atoms with Crippen LogP contribution in [0.15, 0.2) is 12.2 Å². The summed E-state index contributed by atoms with van der Waals surface area (Å²) in [6, 6.07) is 0. The van der Waals surface area contributed by atoms with Crippen LogP contribution >= 0.6 is 0 Å². The van der Waals surface area contributed by atoms with Crippen molar-refractivity contribution in [1.82, 2.24) is 0 Å². The minimum atomic E-state index is -0.417. The number of esters is 2. The third-order valence-electron chi connectivity index (χ3n) is 6.84. The van der Waals surface area contributed by atoms with E-state index in [2.05, 4.69) is 12.2 Å². The minimum Gasteiger partial charge on any atom is -0.460 e. The molecule has 7 atom stereocenters. The number of carbonyl (C=O) groups is 2. The summed E-state index contributed by atoms with van der Waals surface area (Å²) in [6.07, 6.45) is 10.9. The number of fused-ring (bicyclic) bond motifs is 9. The highest BCUT2D eigenvalue weighted by Crippen LogP contribution is 2.61. The lowest BCUT2D eigenvalue weighted by molar-refractivity contribution is -0.165. The van der Waals surface area contributed by atoms with Crippen molar-refractivity contribution in [3.63, 3.8) is 0 Å². The van der Waals surface area contributed by atoms with Crippen LogP contribution in [-0.4, -0.2) is 36.9 Å². The minimum absolute atomic E-state index is 0.0155. The molecular weight excluding hydrogens is 308 g/mol. The molecule has 0 amide bonds. The predicted octanol–water partition coefficient (Wildman–Crippen LogP) is 2.24. The normalized spacial score (nSPS) is 44.9. The van der Waals surface area contributed by atoms with Crippen LogP contribution in [0.1, 0.15) is 38.5 Å². The average Bonchev–Trinajstić information content (AvgIpc) is 3.37. The fraction of sp³-hybridized carbons (Fsp3) is 0.789. The predicted molar refractivity (Wildman–Crippen MR) is 83.8 cm³/mol. The molecule has 0 radical (unpaired) electrons. The summed E-state index contributed by atoms with van der Waals surface area (Å²) < 4.78 is 16.7. The Morgan fingerprint density at radius 3 is 2.58 bits per heavy atom. The third kappa shape index (κ3) is 2.24. The fourth-order valence-corrected chi connectivity index (χ4v) is 5.92. The van der Waals surface area contributed by atoms with Gasteiger partial charge in [0, 0.05) is 0 Å². The summed E-state index contributed by atoms with van der Waals surface area (Å²) in [6.45, 7) is -0.261. The molecule has 2 saturated heterocycles. The molecular formula is C19H24O5. The molecule has 2 aliphatic heterocycles. The molecule has 2 saturated carbocycles. The van der Waals surface area contributed by atoms with Crippen molar-refractivity contribution >= 4 is 11.9 Å². The Labute approximate surface area is 141 Å². The standard InChI is InChI=1S/C19H24O5/c20-15(23-12-3-1-2-4-12)9-22-19(21)13-8-14-16-10-5-6-11(7-10)17(16)18(13)24-14/h5-6,10-14,16-18H,1-4,7-9H2. The van der Waals surface area contributed by atoms with Gasteiger partial charge in [-0.2, -0.15) is 0 Å². The topological polar surface area (TPSA) is 61.8 Å². The summed E-state index contributed by atoms with van der Waals surface area (Å²) in [5.74, 6) is 1.38. The molecule has 5 aliphatic rings. The highest BCUT2D eigenvalue weighted by atomic mass is 16.6. The van der Waals surface area contributed by atoms with Gasteiger partial charge in [0.1, 0.15) is 6.10 Å². The van der Waals surface area contributed by atoms with E-state index in [-0.39, 0.29) is 36.8 Å². The Balaban J connectivity index is 1.16. The molecule has 0 aromatic carbocycles. The van der Waals surface area contributed by atoms with Crippen LogP contribution in [-0.2, 0) is 23.8 Å². The molecule has 0 N–H and O–H groups in total. The van der Waals surface area contributed by atoms with Crippen molar-refractivity contribution in [2.24, 2.45) is 29.6 Å². The van der Waals surface area contributed by atoms with Gasteiger partial charge in [-0.05, 0) is 62.2 Å². The number of hydrogen-bond acceptors (Lipinski definition) is 5. The molecule has 3 aliphatic carbocycles. The maximum absolute atomic E-state index is 12.4. The van der Waals surface area contributed by atoms with Gasteiger partial charge in [-0.15, -0.1) is 0 Å². The van der Waals surface area contributed by atoms with Gasteiger partial charge in [0.05, 0.1) is 18.1 Å². The van der Waals surface area contributed by atoms with E-state index in [9.17, 15) is 9.59 Å². The first-order valence-electron chi connectivity index (χ1n) is 9.40. The van der Waals surface area contributed by atoms with E-state index in [0.717, 1.165) is 32.1 Å². The first kappa shape index (κ1) is 14.9. The van der Waals surface area contributed by atoms with E-state index in [1.165, 1.54) is 6.42 Å². The zero-order valence-corrected chi connectivity index (χ0v) is 13.8. The Bertz CT molecular complexity index is 578. The summed E-state index contributed by atoms with van der Waals surface area (Å²) >= 11 is 0. The number of ether oxygens (including phenoxy) is 3. The summed E-state index contributed by atoms with van der Waals surface area (Å²) in [5, 5.41) is 0. The van der Waals surface area contributed by atoms with Crippen LogP contribution in [0.25, 0.3) is 0 Å². The second-order valence-corrected chi connectivity index (χ2v) is 8.09. The van der Waals surface area contributed by atoms with Gasteiger partial charge >= 0.3 is 11.9 Å². The van der Waals surface area contributed by atoms with Crippen LogP contribution in [0.5, 0.6) is 0 Å². The molecule has 4 fully saturated rings. The molecule has 5 nitrogen and oxygen atoms in total. The largest absolute Gasteiger partial charge is 0.460 e. The molecule has 0 spiro atoms. The lowest BCUT2D eigenvalue weighted by atomic mass is 9.69.